The van der Waals surface area contributed by atoms with Gasteiger partial charge in [0.25, 0.3) is 0 Å². The summed E-state index contributed by atoms with van der Waals surface area (Å²) >= 11 is 4.45. The third kappa shape index (κ3) is 4.49. The number of hydrogen-bond donors (Lipinski definition) is 1. The molecule has 0 aliphatic heterocycles. The standard InChI is InChI=1S/C10H17NO2S/c1-9(2,3)5-6-10(4,8(12)13)11-7-14/h5-6H2,1-4H3,(H,12,13). The maximum atomic E-state index is 10.9. The molecule has 0 radical (unpaired) electrons. The van der Waals surface area contributed by atoms with Crippen molar-refractivity contribution < 1.29 is 9.90 Å². The number of carbonyl (C=O) groups is 1. The molecule has 4 heteroatoms. The first kappa shape index (κ1) is 13.3. The van der Waals surface area contributed by atoms with Crippen LogP contribution in [-0.2, 0) is 4.79 Å². The maximum Gasteiger partial charge on any atom is 0.332 e. The summed E-state index contributed by atoms with van der Waals surface area (Å²) in [6.45, 7) is 7.77. The van der Waals surface area contributed by atoms with Gasteiger partial charge in [-0.2, -0.15) is 0 Å². The van der Waals surface area contributed by atoms with Crippen LogP contribution in [0.25, 0.3) is 0 Å². The molecule has 0 aliphatic rings. The Labute approximate surface area is 90.2 Å². The van der Waals surface area contributed by atoms with Crippen LogP contribution < -0.4 is 0 Å². The van der Waals surface area contributed by atoms with Gasteiger partial charge in [-0.05, 0) is 37.4 Å². The summed E-state index contributed by atoms with van der Waals surface area (Å²) in [6, 6.07) is 0. The summed E-state index contributed by atoms with van der Waals surface area (Å²) in [5, 5.41) is 11.1. The Balaban J connectivity index is 4.55. The van der Waals surface area contributed by atoms with Crippen molar-refractivity contribution in [2.75, 3.05) is 0 Å². The number of rotatable bonds is 4. The zero-order chi connectivity index (χ0) is 11.4. The fourth-order valence-electron chi connectivity index (χ4n) is 0.930. The van der Waals surface area contributed by atoms with Gasteiger partial charge < -0.3 is 5.11 Å². The lowest BCUT2D eigenvalue weighted by atomic mass is 9.84. The smallest absolute Gasteiger partial charge is 0.332 e. The first-order valence-corrected chi connectivity index (χ1v) is 4.94. The Kier molecular flexibility index (Phi) is 4.43. The summed E-state index contributed by atoms with van der Waals surface area (Å²) in [5.74, 6) is -0.945. The summed E-state index contributed by atoms with van der Waals surface area (Å²) in [7, 11) is 0. The molecule has 1 unspecified atom stereocenters. The summed E-state index contributed by atoms with van der Waals surface area (Å²) in [6.07, 6.45) is 1.27. The molecule has 0 amide bonds. The Morgan fingerprint density at radius 2 is 1.86 bits per heavy atom. The molecule has 0 fully saturated rings. The van der Waals surface area contributed by atoms with E-state index in [1.54, 1.807) is 6.92 Å². The van der Waals surface area contributed by atoms with Crippen LogP contribution in [0, 0.1) is 5.41 Å². The summed E-state index contributed by atoms with van der Waals surface area (Å²) in [4.78, 5) is 14.7. The van der Waals surface area contributed by atoms with Crippen molar-refractivity contribution in [3.63, 3.8) is 0 Å². The summed E-state index contributed by atoms with van der Waals surface area (Å²) in [5.41, 5.74) is -1.01. The summed E-state index contributed by atoms with van der Waals surface area (Å²) < 4.78 is 0. The number of aliphatic imine (C=N–C) groups is 1. The van der Waals surface area contributed by atoms with E-state index in [0.29, 0.717) is 6.42 Å². The lowest BCUT2D eigenvalue weighted by Crippen LogP contribution is -2.34. The number of carboxylic acid groups (broad SMARTS) is 1. The van der Waals surface area contributed by atoms with Crippen LogP contribution in [0.2, 0.25) is 0 Å². The Hall–Kier alpha value is -0.730. The topological polar surface area (TPSA) is 49.7 Å². The quantitative estimate of drug-likeness (QED) is 0.579. The number of hydrogen-bond acceptors (Lipinski definition) is 3. The predicted molar refractivity (Wildman–Crippen MR) is 59.8 cm³/mol. The predicted octanol–water partition coefficient (Wildman–Crippen LogP) is 2.76. The number of carboxylic acids is 1. The van der Waals surface area contributed by atoms with E-state index in [-0.39, 0.29) is 5.41 Å². The molecule has 0 rings (SSSR count). The Bertz CT molecular complexity index is 260. The lowest BCUT2D eigenvalue weighted by Gasteiger charge is -2.24. The van der Waals surface area contributed by atoms with Gasteiger partial charge in [0, 0.05) is 0 Å². The van der Waals surface area contributed by atoms with Crippen LogP contribution >= 0.6 is 12.2 Å². The van der Waals surface area contributed by atoms with Crippen LogP contribution in [-0.4, -0.2) is 21.8 Å². The molecule has 0 aromatic rings. The normalized spacial score (nSPS) is 15.4. The molecule has 0 aliphatic carbocycles. The number of nitrogens with zero attached hydrogens (tertiary/aromatic N) is 1. The van der Waals surface area contributed by atoms with Gasteiger partial charge in [-0.3, -0.25) is 0 Å². The first-order chi connectivity index (χ1) is 6.21. The average molecular weight is 215 g/mol. The third-order valence-corrected chi connectivity index (χ3v) is 2.21. The van der Waals surface area contributed by atoms with Crippen LogP contribution in [0.1, 0.15) is 40.5 Å². The second-order valence-electron chi connectivity index (χ2n) is 4.84. The van der Waals surface area contributed by atoms with Gasteiger partial charge in [0.15, 0.2) is 5.54 Å². The Morgan fingerprint density at radius 1 is 1.36 bits per heavy atom. The van der Waals surface area contributed by atoms with Crippen molar-refractivity contribution in [2.24, 2.45) is 10.4 Å². The minimum atomic E-state index is -1.12. The molecule has 0 heterocycles. The van der Waals surface area contributed by atoms with E-state index in [2.05, 4.69) is 43.1 Å². The zero-order valence-electron chi connectivity index (χ0n) is 9.13. The van der Waals surface area contributed by atoms with Crippen molar-refractivity contribution >= 4 is 23.3 Å². The maximum absolute atomic E-state index is 10.9. The highest BCUT2D eigenvalue weighted by molar-refractivity contribution is 7.78. The molecule has 0 aromatic heterocycles. The molecular weight excluding hydrogens is 198 g/mol. The van der Waals surface area contributed by atoms with Gasteiger partial charge >= 0.3 is 5.97 Å². The van der Waals surface area contributed by atoms with Crippen LogP contribution in [0.3, 0.4) is 0 Å². The van der Waals surface area contributed by atoms with Crippen LogP contribution in [0.5, 0.6) is 0 Å². The molecule has 0 aromatic carbocycles. The number of isothiocyanates is 1. The van der Waals surface area contributed by atoms with Gasteiger partial charge in [0.2, 0.25) is 0 Å². The lowest BCUT2D eigenvalue weighted by molar-refractivity contribution is -0.142. The van der Waals surface area contributed by atoms with Crippen molar-refractivity contribution in [3.05, 3.63) is 0 Å². The molecule has 1 atom stereocenters. The zero-order valence-corrected chi connectivity index (χ0v) is 9.94. The van der Waals surface area contributed by atoms with E-state index in [9.17, 15) is 4.79 Å². The van der Waals surface area contributed by atoms with Crippen molar-refractivity contribution in [2.45, 2.75) is 46.1 Å². The van der Waals surface area contributed by atoms with Gasteiger partial charge in [-0.1, -0.05) is 20.8 Å². The molecular formula is C10H17NO2S. The van der Waals surface area contributed by atoms with E-state index in [1.807, 2.05) is 0 Å². The van der Waals surface area contributed by atoms with Gasteiger partial charge in [0.05, 0.1) is 5.16 Å². The second kappa shape index (κ2) is 4.67. The fourth-order valence-corrected chi connectivity index (χ4v) is 1.13. The largest absolute Gasteiger partial charge is 0.479 e. The van der Waals surface area contributed by atoms with Crippen molar-refractivity contribution in [1.82, 2.24) is 0 Å². The first-order valence-electron chi connectivity index (χ1n) is 4.54. The Morgan fingerprint density at radius 3 is 2.14 bits per heavy atom. The van der Waals surface area contributed by atoms with Gasteiger partial charge in [-0.15, -0.1) is 0 Å². The van der Waals surface area contributed by atoms with Gasteiger partial charge in [0.1, 0.15) is 0 Å². The van der Waals surface area contributed by atoms with E-state index >= 15 is 0 Å². The van der Waals surface area contributed by atoms with Gasteiger partial charge in [-0.25, -0.2) is 9.79 Å². The third-order valence-electron chi connectivity index (χ3n) is 2.11. The highest BCUT2D eigenvalue weighted by Gasteiger charge is 2.33. The average Bonchev–Trinajstić information content (AvgIpc) is 2.00. The molecule has 0 saturated heterocycles. The van der Waals surface area contributed by atoms with Crippen molar-refractivity contribution in [1.29, 1.82) is 0 Å². The molecule has 1 N–H and O–H groups in total. The van der Waals surface area contributed by atoms with E-state index in [0.717, 1.165) is 6.42 Å². The molecule has 80 valence electrons. The fraction of sp³-hybridized carbons (Fsp3) is 0.800. The molecule has 14 heavy (non-hydrogen) atoms. The highest BCUT2D eigenvalue weighted by atomic mass is 32.1. The molecule has 0 bridgehead atoms. The van der Waals surface area contributed by atoms with E-state index in [4.69, 9.17) is 5.11 Å². The van der Waals surface area contributed by atoms with Crippen LogP contribution in [0.4, 0.5) is 0 Å². The minimum absolute atomic E-state index is 0.105. The second-order valence-corrected chi connectivity index (χ2v) is 5.03. The van der Waals surface area contributed by atoms with E-state index in [1.165, 1.54) is 0 Å². The van der Waals surface area contributed by atoms with Crippen LogP contribution in [0.15, 0.2) is 4.99 Å². The molecule has 0 saturated carbocycles. The molecule has 0 spiro atoms. The minimum Gasteiger partial charge on any atom is -0.479 e. The van der Waals surface area contributed by atoms with Crippen molar-refractivity contribution in [3.8, 4) is 0 Å². The number of aliphatic carboxylic acids is 1. The highest BCUT2D eigenvalue weighted by Crippen LogP contribution is 2.27. The number of thiocarbonyl (C=S) groups is 1. The monoisotopic (exact) mass is 215 g/mol. The SMILES string of the molecule is CC(C)(C)CCC(C)(N=C=S)C(=O)O. The van der Waals surface area contributed by atoms with E-state index < -0.39 is 11.5 Å². The molecule has 3 nitrogen and oxygen atoms in total.